The number of benzene rings is 1. The summed E-state index contributed by atoms with van der Waals surface area (Å²) in [6.07, 6.45) is 7.95. The maximum Gasteiger partial charge on any atom is 0.254 e. The number of aromatic nitrogens is 2. The van der Waals surface area contributed by atoms with Crippen LogP contribution in [0.3, 0.4) is 0 Å². The molecule has 0 saturated heterocycles. The fourth-order valence-corrected chi connectivity index (χ4v) is 3.12. The Morgan fingerprint density at radius 3 is 2.67 bits per heavy atom. The minimum absolute atomic E-state index is 0.0517. The van der Waals surface area contributed by atoms with Gasteiger partial charge in [0.05, 0.1) is 18.2 Å². The highest BCUT2D eigenvalue weighted by atomic mass is 16.3. The highest BCUT2D eigenvalue weighted by Crippen LogP contribution is 2.24. The lowest BCUT2D eigenvalue weighted by atomic mass is 10.1. The molecule has 0 saturated carbocycles. The summed E-state index contributed by atoms with van der Waals surface area (Å²) in [6, 6.07) is 7.67. The van der Waals surface area contributed by atoms with Gasteiger partial charge >= 0.3 is 0 Å². The predicted molar refractivity (Wildman–Crippen MR) is 96.3 cm³/mol. The summed E-state index contributed by atoms with van der Waals surface area (Å²) in [4.78, 5) is 34.2. The first-order valence-corrected chi connectivity index (χ1v) is 8.62. The minimum atomic E-state index is -0.175. The summed E-state index contributed by atoms with van der Waals surface area (Å²) in [5.41, 5.74) is 4.55. The normalized spacial score (nSPS) is 12.7. The molecule has 0 spiro atoms. The predicted octanol–water partition coefficient (Wildman–Crippen LogP) is 2.08. The second-order valence-electron chi connectivity index (χ2n) is 6.47. The summed E-state index contributed by atoms with van der Waals surface area (Å²) in [5.74, 6) is -0.123. The zero-order chi connectivity index (χ0) is 18.6. The molecule has 0 unspecified atom stereocenters. The lowest BCUT2D eigenvalue weighted by Gasteiger charge is -2.15. The van der Waals surface area contributed by atoms with E-state index in [1.807, 2.05) is 23.1 Å². The molecule has 1 aliphatic heterocycles. The minimum Gasteiger partial charge on any atom is -0.472 e. The molecule has 136 valence electrons. The molecule has 1 aliphatic rings. The molecule has 27 heavy (non-hydrogen) atoms. The van der Waals surface area contributed by atoms with Crippen molar-refractivity contribution in [3.05, 3.63) is 83.3 Å². The fraction of sp³-hybridized carbons (Fsp3) is 0.200. The van der Waals surface area contributed by atoms with E-state index in [0.717, 1.165) is 22.3 Å². The van der Waals surface area contributed by atoms with Crippen LogP contribution in [0.5, 0.6) is 0 Å². The Balaban J connectivity index is 1.37. The van der Waals surface area contributed by atoms with Gasteiger partial charge in [0.25, 0.3) is 5.91 Å². The summed E-state index contributed by atoms with van der Waals surface area (Å²) >= 11 is 0. The third-order valence-electron chi connectivity index (χ3n) is 4.55. The van der Waals surface area contributed by atoms with Crippen molar-refractivity contribution >= 4 is 11.8 Å². The van der Waals surface area contributed by atoms with Gasteiger partial charge in [0.2, 0.25) is 5.91 Å². The molecule has 0 atom stereocenters. The molecule has 3 heterocycles. The van der Waals surface area contributed by atoms with E-state index in [0.29, 0.717) is 31.6 Å². The lowest BCUT2D eigenvalue weighted by molar-refractivity contribution is -0.131. The number of amides is 2. The van der Waals surface area contributed by atoms with Crippen LogP contribution in [-0.2, 0) is 30.8 Å². The van der Waals surface area contributed by atoms with Gasteiger partial charge in [-0.05, 0) is 28.3 Å². The number of carbonyl (C=O) groups excluding carboxylic acids is 2. The molecule has 3 aromatic rings. The Morgan fingerprint density at radius 2 is 1.89 bits per heavy atom. The van der Waals surface area contributed by atoms with Gasteiger partial charge in [0.1, 0.15) is 12.6 Å². The van der Waals surface area contributed by atoms with Crippen molar-refractivity contribution < 1.29 is 14.0 Å². The second-order valence-corrected chi connectivity index (χ2v) is 6.47. The molecule has 7 heteroatoms. The smallest absolute Gasteiger partial charge is 0.254 e. The average Bonchev–Trinajstić information content (AvgIpc) is 3.36. The van der Waals surface area contributed by atoms with Crippen molar-refractivity contribution in [2.45, 2.75) is 26.1 Å². The fourth-order valence-electron chi connectivity index (χ4n) is 3.12. The molecule has 2 aromatic heterocycles. The van der Waals surface area contributed by atoms with Crippen LogP contribution in [0.1, 0.15) is 32.6 Å². The van der Waals surface area contributed by atoms with E-state index in [-0.39, 0.29) is 11.8 Å². The molecule has 1 N–H and O–H groups in total. The average molecular weight is 362 g/mol. The Hall–Kier alpha value is -3.48. The highest BCUT2D eigenvalue weighted by molar-refractivity contribution is 5.93. The van der Waals surface area contributed by atoms with Gasteiger partial charge < -0.3 is 14.6 Å². The number of fused-ring (bicyclic) bond motifs is 1. The quantitative estimate of drug-likeness (QED) is 0.751. The Labute approximate surface area is 156 Å². The summed E-state index contributed by atoms with van der Waals surface area (Å²) in [6.45, 7) is 1.60. The number of nitrogens with one attached hydrogen (secondary N) is 1. The van der Waals surface area contributed by atoms with Crippen molar-refractivity contribution in [1.82, 2.24) is 20.2 Å². The van der Waals surface area contributed by atoms with E-state index in [1.54, 1.807) is 18.5 Å². The molecule has 7 nitrogen and oxygen atoms in total. The van der Waals surface area contributed by atoms with Crippen molar-refractivity contribution in [3.8, 4) is 0 Å². The van der Waals surface area contributed by atoms with E-state index in [9.17, 15) is 9.59 Å². The molecule has 0 aliphatic carbocycles. The third-order valence-corrected chi connectivity index (χ3v) is 4.55. The SMILES string of the molecule is O=C(NCc1ccc2c(c1)CN(C(=O)Cc1cncnc1)C2)c1ccoc1. The van der Waals surface area contributed by atoms with Gasteiger partial charge in [0, 0.05) is 32.0 Å². The molecule has 0 bridgehead atoms. The van der Waals surface area contributed by atoms with Crippen molar-refractivity contribution in [2.75, 3.05) is 0 Å². The first-order valence-electron chi connectivity index (χ1n) is 8.62. The van der Waals surface area contributed by atoms with Crippen molar-refractivity contribution in [2.24, 2.45) is 0 Å². The lowest BCUT2D eigenvalue weighted by Crippen LogP contribution is -2.27. The van der Waals surface area contributed by atoms with Crippen LogP contribution < -0.4 is 5.32 Å². The van der Waals surface area contributed by atoms with Crippen LogP contribution in [0.4, 0.5) is 0 Å². The van der Waals surface area contributed by atoms with Crippen LogP contribution in [-0.4, -0.2) is 26.7 Å². The Kier molecular flexibility index (Phi) is 4.65. The zero-order valence-corrected chi connectivity index (χ0v) is 14.6. The molecule has 2 amide bonds. The number of hydrogen-bond acceptors (Lipinski definition) is 5. The van der Waals surface area contributed by atoms with Crippen LogP contribution in [0, 0.1) is 0 Å². The van der Waals surface area contributed by atoms with E-state index < -0.39 is 0 Å². The van der Waals surface area contributed by atoms with Gasteiger partial charge in [-0.15, -0.1) is 0 Å². The van der Waals surface area contributed by atoms with Crippen LogP contribution in [0.15, 0.2) is 59.9 Å². The molecule has 1 aromatic carbocycles. The monoisotopic (exact) mass is 362 g/mol. The van der Waals surface area contributed by atoms with Crippen molar-refractivity contribution in [1.29, 1.82) is 0 Å². The molecule has 0 fully saturated rings. The number of hydrogen-bond donors (Lipinski definition) is 1. The third kappa shape index (κ3) is 3.87. The molecular weight excluding hydrogens is 344 g/mol. The van der Waals surface area contributed by atoms with Crippen molar-refractivity contribution in [3.63, 3.8) is 0 Å². The summed E-state index contributed by atoms with van der Waals surface area (Å²) in [7, 11) is 0. The largest absolute Gasteiger partial charge is 0.472 e. The van der Waals surface area contributed by atoms with E-state index in [4.69, 9.17) is 4.42 Å². The van der Waals surface area contributed by atoms with E-state index in [1.165, 1.54) is 18.9 Å². The number of furan rings is 1. The van der Waals surface area contributed by atoms with Gasteiger partial charge in [0.15, 0.2) is 0 Å². The second kappa shape index (κ2) is 7.41. The molecular formula is C20H18N4O3. The number of rotatable bonds is 5. The Morgan fingerprint density at radius 1 is 1.07 bits per heavy atom. The van der Waals surface area contributed by atoms with Gasteiger partial charge in [-0.25, -0.2) is 9.97 Å². The topological polar surface area (TPSA) is 88.3 Å². The van der Waals surface area contributed by atoms with Gasteiger partial charge in [-0.3, -0.25) is 9.59 Å². The molecule has 4 rings (SSSR count). The van der Waals surface area contributed by atoms with Crippen LogP contribution >= 0.6 is 0 Å². The summed E-state index contributed by atoms with van der Waals surface area (Å²) in [5, 5.41) is 2.87. The van der Waals surface area contributed by atoms with Crippen LogP contribution in [0.2, 0.25) is 0 Å². The first-order chi connectivity index (χ1) is 13.2. The van der Waals surface area contributed by atoms with Gasteiger partial charge in [-0.1, -0.05) is 18.2 Å². The van der Waals surface area contributed by atoms with Crippen LogP contribution in [0.25, 0.3) is 0 Å². The maximum absolute atomic E-state index is 12.5. The highest BCUT2D eigenvalue weighted by Gasteiger charge is 2.23. The number of carbonyl (C=O) groups is 2. The van der Waals surface area contributed by atoms with E-state index >= 15 is 0 Å². The van der Waals surface area contributed by atoms with E-state index in [2.05, 4.69) is 15.3 Å². The summed E-state index contributed by atoms with van der Waals surface area (Å²) < 4.78 is 4.92. The Bertz CT molecular complexity index is 955. The zero-order valence-electron chi connectivity index (χ0n) is 14.6. The maximum atomic E-state index is 12.5. The number of nitrogens with zero attached hydrogens (tertiary/aromatic N) is 3. The van der Waals surface area contributed by atoms with Gasteiger partial charge in [-0.2, -0.15) is 0 Å². The molecule has 0 radical (unpaired) electrons. The first kappa shape index (κ1) is 17.0. The standard InChI is InChI=1S/C20H18N4O3/c25-19(6-15-7-21-13-22-8-15)24-10-16-2-1-14(5-18(16)11-24)9-23-20(26)17-3-4-27-12-17/h1-5,7-8,12-13H,6,9-11H2,(H,23,26).